The molecule has 2 heterocycles. The van der Waals surface area contributed by atoms with E-state index < -0.39 is 11.7 Å². The van der Waals surface area contributed by atoms with Crippen molar-refractivity contribution in [1.82, 2.24) is 19.6 Å². The second-order valence-electron chi connectivity index (χ2n) is 6.96. The van der Waals surface area contributed by atoms with Gasteiger partial charge < -0.3 is 5.32 Å². The van der Waals surface area contributed by atoms with E-state index in [4.69, 9.17) is 0 Å². The molecule has 0 spiro atoms. The summed E-state index contributed by atoms with van der Waals surface area (Å²) < 4.78 is 40.9. The fourth-order valence-electron chi connectivity index (χ4n) is 3.63. The predicted octanol–water partition coefficient (Wildman–Crippen LogP) is 5.04. The summed E-state index contributed by atoms with van der Waals surface area (Å²) in [6.45, 7) is 0. The SMILES string of the molecule is FC(F)(F)c1cccc(Nc2c3c(nc4nc(-c5ccccc5)nn24)CCC3)c1. The van der Waals surface area contributed by atoms with Gasteiger partial charge in [-0.3, -0.25) is 0 Å². The zero-order valence-corrected chi connectivity index (χ0v) is 15.2. The van der Waals surface area contributed by atoms with Crippen LogP contribution in [-0.4, -0.2) is 19.6 Å². The summed E-state index contributed by atoms with van der Waals surface area (Å²) in [5.41, 5.74) is 2.38. The number of fused-ring (bicyclic) bond motifs is 2. The van der Waals surface area contributed by atoms with Crippen LogP contribution < -0.4 is 5.32 Å². The lowest BCUT2D eigenvalue weighted by Gasteiger charge is -2.14. The van der Waals surface area contributed by atoms with E-state index in [1.165, 1.54) is 6.07 Å². The first kappa shape index (κ1) is 17.7. The van der Waals surface area contributed by atoms with Crippen LogP contribution in [0.1, 0.15) is 23.2 Å². The van der Waals surface area contributed by atoms with Crippen molar-refractivity contribution in [2.45, 2.75) is 25.4 Å². The summed E-state index contributed by atoms with van der Waals surface area (Å²) in [7, 11) is 0. The topological polar surface area (TPSA) is 55.1 Å². The maximum Gasteiger partial charge on any atom is 0.416 e. The quantitative estimate of drug-likeness (QED) is 0.528. The molecule has 0 atom stereocenters. The normalized spacial score (nSPS) is 13.6. The van der Waals surface area contributed by atoms with E-state index in [-0.39, 0.29) is 0 Å². The standard InChI is InChI=1S/C21H16F3N5/c22-21(23,24)14-8-4-9-15(12-14)25-19-16-10-5-11-17(16)26-20-27-18(28-29(19)20)13-6-2-1-3-7-13/h1-4,6-9,12,25H,5,10-11H2. The number of nitrogens with zero attached hydrogens (tertiary/aromatic N) is 4. The Hall–Kier alpha value is -3.42. The van der Waals surface area contributed by atoms with Gasteiger partial charge >= 0.3 is 6.18 Å². The van der Waals surface area contributed by atoms with Crippen LogP contribution in [0.2, 0.25) is 0 Å². The first-order valence-electron chi connectivity index (χ1n) is 9.27. The second-order valence-corrected chi connectivity index (χ2v) is 6.96. The number of hydrogen-bond acceptors (Lipinski definition) is 4. The van der Waals surface area contributed by atoms with Crippen molar-refractivity contribution < 1.29 is 13.2 Å². The average molecular weight is 395 g/mol. The highest BCUT2D eigenvalue weighted by Gasteiger charge is 2.30. The van der Waals surface area contributed by atoms with Crippen molar-refractivity contribution in [3.8, 4) is 11.4 Å². The van der Waals surface area contributed by atoms with Crippen LogP contribution in [0, 0.1) is 0 Å². The zero-order valence-electron chi connectivity index (χ0n) is 15.2. The van der Waals surface area contributed by atoms with Gasteiger partial charge in [-0.2, -0.15) is 22.7 Å². The second kappa shape index (κ2) is 6.58. The molecule has 4 aromatic rings. The molecule has 0 fully saturated rings. The Morgan fingerprint density at radius 1 is 0.931 bits per heavy atom. The fraction of sp³-hybridized carbons (Fsp3) is 0.190. The maximum absolute atomic E-state index is 13.1. The van der Waals surface area contributed by atoms with Gasteiger partial charge in [-0.15, -0.1) is 5.10 Å². The van der Waals surface area contributed by atoms with Crippen molar-refractivity contribution in [2.24, 2.45) is 0 Å². The minimum absolute atomic E-state index is 0.346. The largest absolute Gasteiger partial charge is 0.416 e. The van der Waals surface area contributed by atoms with E-state index in [2.05, 4.69) is 20.4 Å². The number of halogens is 3. The number of rotatable bonds is 3. The number of aromatic nitrogens is 4. The lowest BCUT2D eigenvalue weighted by atomic mass is 10.2. The van der Waals surface area contributed by atoms with Gasteiger partial charge in [-0.1, -0.05) is 36.4 Å². The van der Waals surface area contributed by atoms with Crippen LogP contribution >= 0.6 is 0 Å². The van der Waals surface area contributed by atoms with Crippen LogP contribution in [0.25, 0.3) is 17.2 Å². The number of hydrogen-bond donors (Lipinski definition) is 1. The molecular formula is C21H16F3N5. The Labute approximate surface area is 164 Å². The van der Waals surface area contributed by atoms with Gasteiger partial charge in [0.15, 0.2) is 5.82 Å². The summed E-state index contributed by atoms with van der Waals surface area (Å²) in [6, 6.07) is 14.7. The minimum atomic E-state index is -4.40. The molecule has 1 aliphatic rings. The number of anilines is 2. The van der Waals surface area contributed by atoms with Crippen LogP contribution in [-0.2, 0) is 19.0 Å². The first-order valence-corrected chi connectivity index (χ1v) is 9.27. The summed E-state index contributed by atoms with van der Waals surface area (Å²) in [6.07, 6.45) is -1.85. The van der Waals surface area contributed by atoms with Crippen molar-refractivity contribution in [2.75, 3.05) is 5.32 Å². The molecule has 0 bridgehead atoms. The molecule has 0 aliphatic heterocycles. The van der Waals surface area contributed by atoms with E-state index in [1.54, 1.807) is 10.6 Å². The molecule has 8 heteroatoms. The summed E-state index contributed by atoms with van der Waals surface area (Å²) in [4.78, 5) is 9.17. The van der Waals surface area contributed by atoms with Gasteiger partial charge in [-0.25, -0.2) is 4.98 Å². The lowest BCUT2D eigenvalue weighted by Crippen LogP contribution is -2.09. The van der Waals surface area contributed by atoms with Crippen molar-refractivity contribution >= 4 is 17.3 Å². The Morgan fingerprint density at radius 2 is 1.76 bits per heavy atom. The molecule has 2 aromatic carbocycles. The first-order chi connectivity index (χ1) is 14.0. The third-order valence-corrected chi connectivity index (χ3v) is 5.00. The molecule has 0 saturated carbocycles. The highest BCUT2D eigenvalue weighted by Crippen LogP contribution is 2.34. The fourth-order valence-corrected chi connectivity index (χ4v) is 3.63. The Morgan fingerprint density at radius 3 is 2.55 bits per heavy atom. The van der Waals surface area contributed by atoms with E-state index in [9.17, 15) is 13.2 Å². The summed E-state index contributed by atoms with van der Waals surface area (Å²) >= 11 is 0. The van der Waals surface area contributed by atoms with Crippen molar-refractivity contribution in [3.05, 3.63) is 71.4 Å². The van der Waals surface area contributed by atoms with Gasteiger partial charge in [0.05, 0.1) is 11.3 Å². The van der Waals surface area contributed by atoms with Gasteiger partial charge in [-0.05, 0) is 37.5 Å². The number of benzene rings is 2. The highest BCUT2D eigenvalue weighted by atomic mass is 19.4. The van der Waals surface area contributed by atoms with Crippen molar-refractivity contribution in [3.63, 3.8) is 0 Å². The zero-order chi connectivity index (χ0) is 20.0. The molecular weight excluding hydrogens is 379 g/mol. The summed E-state index contributed by atoms with van der Waals surface area (Å²) in [5, 5.41) is 7.73. The molecule has 5 nitrogen and oxygen atoms in total. The van der Waals surface area contributed by atoms with Crippen molar-refractivity contribution in [1.29, 1.82) is 0 Å². The molecule has 29 heavy (non-hydrogen) atoms. The smallest absolute Gasteiger partial charge is 0.340 e. The van der Waals surface area contributed by atoms with Crippen LogP contribution in [0.15, 0.2) is 54.6 Å². The number of aryl methyl sites for hydroxylation is 1. The van der Waals surface area contributed by atoms with E-state index >= 15 is 0 Å². The Kier molecular flexibility index (Phi) is 4.01. The number of alkyl halides is 3. The van der Waals surface area contributed by atoms with Crippen LogP contribution in [0.4, 0.5) is 24.7 Å². The molecule has 2 aromatic heterocycles. The van der Waals surface area contributed by atoms with Crippen LogP contribution in [0.3, 0.4) is 0 Å². The van der Waals surface area contributed by atoms with E-state index in [0.717, 1.165) is 48.2 Å². The van der Waals surface area contributed by atoms with Crippen LogP contribution in [0.5, 0.6) is 0 Å². The molecule has 146 valence electrons. The average Bonchev–Trinajstić information content (AvgIpc) is 3.35. The molecule has 0 radical (unpaired) electrons. The molecule has 0 unspecified atom stereocenters. The van der Waals surface area contributed by atoms with Gasteiger partial charge in [0.2, 0.25) is 0 Å². The molecule has 0 amide bonds. The van der Waals surface area contributed by atoms with E-state index in [1.807, 2.05) is 30.3 Å². The Bertz CT molecular complexity index is 1200. The Balaban J connectivity index is 1.64. The minimum Gasteiger partial charge on any atom is -0.340 e. The van der Waals surface area contributed by atoms with Gasteiger partial charge in [0, 0.05) is 16.8 Å². The van der Waals surface area contributed by atoms with Gasteiger partial charge in [0.1, 0.15) is 5.82 Å². The van der Waals surface area contributed by atoms with E-state index in [0.29, 0.717) is 23.1 Å². The monoisotopic (exact) mass is 395 g/mol. The lowest BCUT2D eigenvalue weighted by molar-refractivity contribution is -0.137. The molecule has 1 aliphatic carbocycles. The third-order valence-electron chi connectivity index (χ3n) is 5.00. The summed E-state index contributed by atoms with van der Waals surface area (Å²) in [5.74, 6) is 1.57. The molecule has 1 N–H and O–H groups in total. The third kappa shape index (κ3) is 3.20. The van der Waals surface area contributed by atoms with Gasteiger partial charge in [0.25, 0.3) is 5.78 Å². The maximum atomic E-state index is 13.1. The number of nitrogens with one attached hydrogen (secondary N) is 1. The predicted molar refractivity (Wildman–Crippen MR) is 103 cm³/mol. The highest BCUT2D eigenvalue weighted by molar-refractivity contribution is 5.66. The molecule has 5 rings (SSSR count). The molecule has 0 saturated heterocycles.